The molecule has 0 aromatic carbocycles. The topological polar surface area (TPSA) is 82.4 Å². The molecular formula is C22H45N2O6P. The molecule has 0 rings (SSSR count). The van der Waals surface area contributed by atoms with Crippen LogP contribution in [-0.4, -0.2) is 82.3 Å². The van der Waals surface area contributed by atoms with Crippen LogP contribution in [0, 0.1) is 11.3 Å². The van der Waals surface area contributed by atoms with E-state index >= 15 is 0 Å². The standard InChI is InChI=1S/C22H45N2O6P/c1-7-11-25-14-16-27-18-22(19-28-17-15-26-12-8-2)30-31(29-13-9-10-23)24(20(3)4)21(5)6/h20-22H,7-9,11-19H2,1-6H3. The van der Waals surface area contributed by atoms with Crippen molar-refractivity contribution in [2.45, 2.75) is 79.0 Å². The molecule has 0 heterocycles. The Balaban J connectivity index is 4.88. The fourth-order valence-electron chi connectivity index (χ4n) is 2.69. The third kappa shape index (κ3) is 16.9. The largest absolute Gasteiger partial charge is 0.379 e. The molecule has 0 fully saturated rings. The molecule has 9 heteroatoms. The van der Waals surface area contributed by atoms with Crippen LogP contribution in [0.5, 0.6) is 0 Å². The van der Waals surface area contributed by atoms with Gasteiger partial charge < -0.3 is 28.0 Å². The molecule has 0 aliphatic carbocycles. The molecule has 0 saturated carbocycles. The van der Waals surface area contributed by atoms with Crippen LogP contribution in [0.25, 0.3) is 0 Å². The first kappa shape index (κ1) is 30.6. The van der Waals surface area contributed by atoms with Gasteiger partial charge >= 0.3 is 0 Å². The summed E-state index contributed by atoms with van der Waals surface area (Å²) >= 11 is 0. The minimum Gasteiger partial charge on any atom is -0.379 e. The summed E-state index contributed by atoms with van der Waals surface area (Å²) in [4.78, 5) is 0. The van der Waals surface area contributed by atoms with E-state index in [1.165, 1.54) is 0 Å². The van der Waals surface area contributed by atoms with Crippen molar-refractivity contribution in [3.05, 3.63) is 0 Å². The van der Waals surface area contributed by atoms with Gasteiger partial charge in [-0.15, -0.1) is 0 Å². The van der Waals surface area contributed by atoms with E-state index < -0.39 is 8.53 Å². The minimum absolute atomic E-state index is 0.237. The van der Waals surface area contributed by atoms with E-state index in [1.54, 1.807) is 0 Å². The summed E-state index contributed by atoms with van der Waals surface area (Å²) in [6, 6.07) is 2.60. The number of ether oxygens (including phenoxy) is 4. The van der Waals surface area contributed by atoms with Gasteiger partial charge in [-0.2, -0.15) is 5.26 Å². The highest BCUT2D eigenvalue weighted by molar-refractivity contribution is 7.44. The van der Waals surface area contributed by atoms with Crippen molar-refractivity contribution in [1.82, 2.24) is 4.67 Å². The molecular weight excluding hydrogens is 419 g/mol. The molecule has 1 atom stereocenters. The van der Waals surface area contributed by atoms with Gasteiger partial charge in [-0.25, -0.2) is 4.67 Å². The third-order valence-corrected chi connectivity index (χ3v) is 6.13. The van der Waals surface area contributed by atoms with Crippen LogP contribution in [0.2, 0.25) is 0 Å². The van der Waals surface area contributed by atoms with Gasteiger partial charge in [0, 0.05) is 25.3 Å². The Morgan fingerprint density at radius 3 is 1.65 bits per heavy atom. The SMILES string of the molecule is CCCOCCOCC(COCCOCCC)OP(OCCC#N)N(C(C)C)C(C)C. The molecule has 0 radical (unpaired) electrons. The van der Waals surface area contributed by atoms with Gasteiger partial charge in [0.25, 0.3) is 8.53 Å². The van der Waals surface area contributed by atoms with Crippen LogP contribution >= 0.6 is 8.53 Å². The van der Waals surface area contributed by atoms with Gasteiger partial charge in [-0.05, 0) is 40.5 Å². The van der Waals surface area contributed by atoms with Crippen molar-refractivity contribution in [3.8, 4) is 6.07 Å². The lowest BCUT2D eigenvalue weighted by molar-refractivity contribution is -0.0365. The molecule has 0 spiro atoms. The van der Waals surface area contributed by atoms with E-state index in [4.69, 9.17) is 33.3 Å². The van der Waals surface area contributed by atoms with E-state index in [2.05, 4.69) is 52.3 Å². The maximum Gasteiger partial charge on any atom is 0.259 e. The van der Waals surface area contributed by atoms with Gasteiger partial charge in [-0.3, -0.25) is 0 Å². The van der Waals surface area contributed by atoms with E-state index in [9.17, 15) is 0 Å². The lowest BCUT2D eigenvalue weighted by Gasteiger charge is -2.37. The van der Waals surface area contributed by atoms with Crippen molar-refractivity contribution in [2.75, 3.05) is 59.5 Å². The quantitative estimate of drug-likeness (QED) is 0.171. The van der Waals surface area contributed by atoms with Crippen LogP contribution in [0.4, 0.5) is 0 Å². The number of hydrogen-bond acceptors (Lipinski definition) is 8. The van der Waals surface area contributed by atoms with Crippen LogP contribution in [0.15, 0.2) is 0 Å². The molecule has 31 heavy (non-hydrogen) atoms. The Morgan fingerprint density at radius 2 is 1.23 bits per heavy atom. The highest BCUT2D eigenvalue weighted by Crippen LogP contribution is 2.47. The molecule has 0 bridgehead atoms. The fourth-order valence-corrected chi connectivity index (χ4v) is 4.37. The molecule has 0 aromatic heterocycles. The Kier molecular flexibility index (Phi) is 21.2. The first-order valence-electron chi connectivity index (χ1n) is 11.5. The first-order chi connectivity index (χ1) is 15.0. The van der Waals surface area contributed by atoms with Crippen LogP contribution in [0.3, 0.4) is 0 Å². The predicted octanol–water partition coefficient (Wildman–Crippen LogP) is 4.53. The second-order valence-electron chi connectivity index (χ2n) is 7.65. The summed E-state index contributed by atoms with van der Waals surface area (Å²) in [5, 5.41) is 8.89. The summed E-state index contributed by atoms with van der Waals surface area (Å²) < 4.78 is 37.1. The lowest BCUT2D eigenvalue weighted by Crippen LogP contribution is -2.36. The summed E-state index contributed by atoms with van der Waals surface area (Å²) in [7, 11) is -1.35. The molecule has 1 unspecified atom stereocenters. The minimum atomic E-state index is -1.35. The summed E-state index contributed by atoms with van der Waals surface area (Å²) in [6.07, 6.45) is 2.02. The Bertz CT molecular complexity index is 413. The third-order valence-electron chi connectivity index (χ3n) is 3.95. The van der Waals surface area contributed by atoms with Crippen molar-refractivity contribution in [2.24, 2.45) is 0 Å². The molecule has 0 amide bonds. The highest BCUT2D eigenvalue weighted by Gasteiger charge is 2.30. The van der Waals surface area contributed by atoms with Crippen LogP contribution < -0.4 is 0 Å². The second-order valence-corrected chi connectivity index (χ2v) is 9.06. The lowest BCUT2D eigenvalue weighted by atomic mass is 10.3. The Labute approximate surface area is 191 Å². The number of rotatable bonds is 22. The van der Waals surface area contributed by atoms with Crippen LogP contribution in [0.1, 0.15) is 60.8 Å². The Morgan fingerprint density at radius 1 is 0.742 bits per heavy atom. The fraction of sp³-hybridized carbons (Fsp3) is 0.955. The zero-order valence-corrected chi connectivity index (χ0v) is 21.4. The monoisotopic (exact) mass is 464 g/mol. The molecule has 0 aromatic rings. The maximum atomic E-state index is 8.89. The zero-order valence-electron chi connectivity index (χ0n) is 20.5. The molecule has 0 saturated heterocycles. The average molecular weight is 465 g/mol. The van der Waals surface area contributed by atoms with Crippen molar-refractivity contribution in [1.29, 1.82) is 5.26 Å². The van der Waals surface area contributed by atoms with Gasteiger partial charge in [0.1, 0.15) is 6.10 Å². The van der Waals surface area contributed by atoms with Gasteiger partial charge in [0.15, 0.2) is 0 Å². The maximum absolute atomic E-state index is 8.89. The van der Waals surface area contributed by atoms with Crippen molar-refractivity contribution >= 4 is 8.53 Å². The molecule has 184 valence electrons. The van der Waals surface area contributed by atoms with E-state index in [-0.39, 0.29) is 18.2 Å². The van der Waals surface area contributed by atoms with Gasteiger partial charge in [0.2, 0.25) is 0 Å². The summed E-state index contributed by atoms with van der Waals surface area (Å²) in [5.41, 5.74) is 0. The van der Waals surface area contributed by atoms with E-state index in [1.807, 2.05) is 0 Å². The number of hydrogen-bond donors (Lipinski definition) is 0. The first-order valence-corrected chi connectivity index (χ1v) is 12.7. The summed E-state index contributed by atoms with van der Waals surface area (Å²) in [6.45, 7) is 17.3. The van der Waals surface area contributed by atoms with E-state index in [0.29, 0.717) is 52.7 Å². The van der Waals surface area contributed by atoms with E-state index in [0.717, 1.165) is 26.1 Å². The summed E-state index contributed by atoms with van der Waals surface area (Å²) in [5.74, 6) is 0. The highest BCUT2D eigenvalue weighted by atomic mass is 31.2. The molecule has 0 aliphatic heterocycles. The number of nitriles is 1. The van der Waals surface area contributed by atoms with Crippen LogP contribution in [-0.2, 0) is 28.0 Å². The molecule has 0 N–H and O–H groups in total. The van der Waals surface area contributed by atoms with Crippen molar-refractivity contribution < 1.29 is 28.0 Å². The molecule has 8 nitrogen and oxygen atoms in total. The molecule has 0 aliphatic rings. The predicted molar refractivity (Wildman–Crippen MR) is 124 cm³/mol. The Hall–Kier alpha value is -0.360. The van der Waals surface area contributed by atoms with Gasteiger partial charge in [0.05, 0.1) is 58.7 Å². The smallest absolute Gasteiger partial charge is 0.259 e. The number of nitrogens with zero attached hydrogens (tertiary/aromatic N) is 2. The normalized spacial score (nSPS) is 12.9. The van der Waals surface area contributed by atoms with Crippen molar-refractivity contribution in [3.63, 3.8) is 0 Å². The average Bonchev–Trinajstić information content (AvgIpc) is 2.72. The zero-order chi connectivity index (χ0) is 23.3. The second kappa shape index (κ2) is 21.5. The van der Waals surface area contributed by atoms with Gasteiger partial charge in [-0.1, -0.05) is 13.8 Å².